The Labute approximate surface area is 127 Å². The minimum Gasteiger partial charge on any atom is -0.366 e. The number of hydrogen-bond acceptors (Lipinski definition) is 5. The summed E-state index contributed by atoms with van der Waals surface area (Å²) in [6.45, 7) is 4.86. The lowest BCUT2D eigenvalue weighted by Crippen LogP contribution is -2.15. The second-order valence-corrected chi connectivity index (χ2v) is 5.58. The molecule has 0 amide bonds. The highest BCUT2D eigenvalue weighted by Gasteiger charge is 2.14. The van der Waals surface area contributed by atoms with E-state index in [1.54, 1.807) is 0 Å². The van der Waals surface area contributed by atoms with Crippen molar-refractivity contribution >= 4 is 27.6 Å². The number of anilines is 2. The molecular weight excluding hydrogens is 318 g/mol. The van der Waals surface area contributed by atoms with Crippen LogP contribution in [-0.2, 0) is 6.54 Å². The first kappa shape index (κ1) is 14.7. The van der Waals surface area contributed by atoms with E-state index in [1.165, 1.54) is 11.9 Å². The Morgan fingerprint density at radius 1 is 1.20 bits per heavy atom. The maximum absolute atomic E-state index is 5.51. The third-order valence-corrected chi connectivity index (χ3v) is 3.78. The number of nitrogens with one attached hydrogen (secondary N) is 2. The Kier molecular flexibility index (Phi) is 4.92. The second-order valence-electron chi connectivity index (χ2n) is 4.73. The molecule has 0 saturated heterocycles. The molecule has 1 heterocycles. The molecule has 2 rings (SSSR count). The van der Waals surface area contributed by atoms with Crippen LogP contribution in [0.3, 0.4) is 0 Å². The van der Waals surface area contributed by atoms with Gasteiger partial charge in [0.15, 0.2) is 0 Å². The molecule has 4 N–H and O–H groups in total. The van der Waals surface area contributed by atoms with Gasteiger partial charge in [0.2, 0.25) is 0 Å². The number of hydrazine groups is 1. The summed E-state index contributed by atoms with van der Waals surface area (Å²) in [7, 11) is 0. The van der Waals surface area contributed by atoms with E-state index in [2.05, 4.69) is 56.6 Å². The van der Waals surface area contributed by atoms with E-state index in [1.807, 2.05) is 18.2 Å². The third-order valence-electron chi connectivity index (χ3n) is 3.00. The first-order valence-electron chi connectivity index (χ1n) is 6.42. The summed E-state index contributed by atoms with van der Waals surface area (Å²) in [6, 6.07) is 8.09. The van der Waals surface area contributed by atoms with Gasteiger partial charge in [0.25, 0.3) is 0 Å². The van der Waals surface area contributed by atoms with Crippen molar-refractivity contribution in [2.24, 2.45) is 5.84 Å². The van der Waals surface area contributed by atoms with Crippen molar-refractivity contribution in [3.8, 4) is 0 Å². The number of hydrogen-bond donors (Lipinski definition) is 3. The zero-order valence-corrected chi connectivity index (χ0v) is 13.1. The van der Waals surface area contributed by atoms with Crippen molar-refractivity contribution in [3.05, 3.63) is 46.2 Å². The van der Waals surface area contributed by atoms with E-state index in [-0.39, 0.29) is 5.92 Å². The number of nitrogens with two attached hydrogens (primary N) is 1. The van der Waals surface area contributed by atoms with Gasteiger partial charge in [0.05, 0.1) is 0 Å². The minimum absolute atomic E-state index is 0.268. The smallest absolute Gasteiger partial charge is 0.148 e. The number of rotatable bonds is 5. The van der Waals surface area contributed by atoms with E-state index in [4.69, 9.17) is 5.84 Å². The summed E-state index contributed by atoms with van der Waals surface area (Å²) in [4.78, 5) is 8.48. The Morgan fingerprint density at radius 3 is 2.55 bits per heavy atom. The van der Waals surface area contributed by atoms with Gasteiger partial charge in [-0.2, -0.15) is 0 Å². The largest absolute Gasteiger partial charge is 0.366 e. The van der Waals surface area contributed by atoms with E-state index < -0.39 is 0 Å². The average molecular weight is 336 g/mol. The van der Waals surface area contributed by atoms with Crippen molar-refractivity contribution in [2.75, 3.05) is 10.7 Å². The van der Waals surface area contributed by atoms with E-state index in [9.17, 15) is 0 Å². The number of aromatic nitrogens is 2. The Hall–Kier alpha value is -1.66. The lowest BCUT2D eigenvalue weighted by molar-refractivity contribution is 0.844. The predicted octanol–water partition coefficient (Wildman–Crippen LogP) is 3.26. The third kappa shape index (κ3) is 3.26. The van der Waals surface area contributed by atoms with Crippen molar-refractivity contribution in [2.45, 2.75) is 26.3 Å². The topological polar surface area (TPSA) is 75.9 Å². The van der Waals surface area contributed by atoms with Gasteiger partial charge in [-0.05, 0) is 17.5 Å². The maximum Gasteiger partial charge on any atom is 0.148 e. The molecule has 0 bridgehead atoms. The number of nitrogen functional groups attached to an aromatic ring is 1. The number of halogens is 1. The summed E-state index contributed by atoms with van der Waals surface area (Å²) >= 11 is 3.54. The first-order chi connectivity index (χ1) is 9.63. The molecular formula is C14H18BrN5. The van der Waals surface area contributed by atoms with Crippen LogP contribution in [0.5, 0.6) is 0 Å². The highest BCUT2D eigenvalue weighted by atomic mass is 79.9. The Balaban J connectivity index is 2.24. The van der Waals surface area contributed by atoms with Gasteiger partial charge >= 0.3 is 0 Å². The zero-order valence-electron chi connectivity index (χ0n) is 11.5. The van der Waals surface area contributed by atoms with Gasteiger partial charge in [-0.1, -0.05) is 48.0 Å². The highest BCUT2D eigenvalue weighted by Crippen LogP contribution is 2.28. The first-order valence-corrected chi connectivity index (χ1v) is 7.21. The molecule has 1 aromatic heterocycles. The molecule has 106 valence electrons. The molecule has 0 saturated carbocycles. The average Bonchev–Trinajstić information content (AvgIpc) is 2.45. The normalized spacial score (nSPS) is 10.7. The van der Waals surface area contributed by atoms with Crippen LogP contribution < -0.4 is 16.6 Å². The zero-order chi connectivity index (χ0) is 14.5. The van der Waals surface area contributed by atoms with Crippen molar-refractivity contribution in [3.63, 3.8) is 0 Å². The molecule has 0 aliphatic rings. The molecule has 6 heteroatoms. The van der Waals surface area contributed by atoms with E-state index in [0.29, 0.717) is 12.4 Å². The van der Waals surface area contributed by atoms with Gasteiger partial charge in [0, 0.05) is 16.6 Å². The van der Waals surface area contributed by atoms with Crippen LogP contribution in [0.2, 0.25) is 0 Å². The fourth-order valence-electron chi connectivity index (χ4n) is 2.02. The van der Waals surface area contributed by atoms with Crippen LogP contribution >= 0.6 is 15.9 Å². The molecule has 1 aromatic carbocycles. The Morgan fingerprint density at radius 2 is 1.90 bits per heavy atom. The van der Waals surface area contributed by atoms with Crippen LogP contribution in [0.25, 0.3) is 0 Å². The van der Waals surface area contributed by atoms with Crippen LogP contribution in [0.4, 0.5) is 11.6 Å². The van der Waals surface area contributed by atoms with Crippen molar-refractivity contribution in [1.82, 2.24) is 9.97 Å². The molecule has 0 aliphatic carbocycles. The van der Waals surface area contributed by atoms with Gasteiger partial charge in [-0.3, -0.25) is 0 Å². The standard InChI is InChI=1S/C14H18BrN5/c1-9(2)12-13(18-8-19-14(12)20-16)17-7-10-5-3-4-6-11(10)15/h3-6,8-9H,7,16H2,1-2H3,(H2,17,18,19,20). The van der Waals surface area contributed by atoms with Crippen molar-refractivity contribution < 1.29 is 0 Å². The summed E-state index contributed by atoms with van der Waals surface area (Å²) < 4.78 is 1.07. The van der Waals surface area contributed by atoms with Crippen LogP contribution in [0.15, 0.2) is 35.1 Å². The number of benzene rings is 1. The lowest BCUT2D eigenvalue weighted by atomic mass is 10.0. The minimum atomic E-state index is 0.268. The highest BCUT2D eigenvalue weighted by molar-refractivity contribution is 9.10. The summed E-state index contributed by atoms with van der Waals surface area (Å²) in [5.41, 5.74) is 4.78. The van der Waals surface area contributed by atoms with Crippen LogP contribution in [-0.4, -0.2) is 9.97 Å². The lowest BCUT2D eigenvalue weighted by Gasteiger charge is -2.16. The molecule has 0 unspecified atom stereocenters. The SMILES string of the molecule is CC(C)c1c(NN)ncnc1NCc1ccccc1Br. The van der Waals surface area contributed by atoms with Gasteiger partial charge in [-0.15, -0.1) is 0 Å². The van der Waals surface area contributed by atoms with Crippen molar-refractivity contribution in [1.29, 1.82) is 0 Å². The maximum atomic E-state index is 5.51. The molecule has 0 atom stereocenters. The summed E-state index contributed by atoms with van der Waals surface area (Å²) in [5.74, 6) is 7.24. The van der Waals surface area contributed by atoms with Crippen LogP contribution in [0, 0.1) is 0 Å². The Bertz CT molecular complexity index is 586. The fourth-order valence-corrected chi connectivity index (χ4v) is 2.44. The molecule has 5 nitrogen and oxygen atoms in total. The van der Waals surface area contributed by atoms with E-state index >= 15 is 0 Å². The van der Waals surface area contributed by atoms with Gasteiger partial charge in [-0.25, -0.2) is 15.8 Å². The fraction of sp³-hybridized carbons (Fsp3) is 0.286. The molecule has 20 heavy (non-hydrogen) atoms. The molecule has 0 spiro atoms. The second kappa shape index (κ2) is 6.67. The summed E-state index contributed by atoms with van der Waals surface area (Å²) in [6.07, 6.45) is 1.50. The molecule has 0 aliphatic heterocycles. The molecule has 0 fully saturated rings. The number of nitrogens with zero attached hydrogens (tertiary/aromatic N) is 2. The monoisotopic (exact) mass is 335 g/mol. The van der Waals surface area contributed by atoms with Gasteiger partial charge < -0.3 is 10.7 Å². The summed E-state index contributed by atoms with van der Waals surface area (Å²) in [5, 5.41) is 3.35. The predicted molar refractivity (Wildman–Crippen MR) is 85.4 cm³/mol. The van der Waals surface area contributed by atoms with Crippen LogP contribution in [0.1, 0.15) is 30.9 Å². The molecule has 2 aromatic rings. The van der Waals surface area contributed by atoms with E-state index in [0.717, 1.165) is 15.9 Å². The molecule has 0 radical (unpaired) electrons. The quantitative estimate of drug-likeness (QED) is 0.577. The van der Waals surface area contributed by atoms with Gasteiger partial charge in [0.1, 0.15) is 18.0 Å².